The minimum absolute atomic E-state index is 0.00488. The number of amides is 2. The van der Waals surface area contributed by atoms with E-state index in [-0.39, 0.29) is 39.1 Å². The Morgan fingerprint density at radius 3 is 2.29 bits per heavy atom. The van der Waals surface area contributed by atoms with E-state index in [0.717, 1.165) is 53.1 Å². The zero-order valence-electron chi connectivity index (χ0n) is 24.1. The number of carbonyl (C=O) groups excluding carboxylic acids is 2. The van der Waals surface area contributed by atoms with Crippen LogP contribution >= 0.6 is 23.2 Å². The first kappa shape index (κ1) is 31.9. The summed E-state index contributed by atoms with van der Waals surface area (Å²) in [5, 5.41) is 3.50. The van der Waals surface area contributed by atoms with E-state index >= 15 is 0 Å². The van der Waals surface area contributed by atoms with Gasteiger partial charge in [-0.1, -0.05) is 90.0 Å². The molecule has 0 bridgehead atoms. The highest BCUT2D eigenvalue weighted by molar-refractivity contribution is 7.92. The number of aryl methyl sites for hydroxylation is 2. The van der Waals surface area contributed by atoms with E-state index in [1.54, 1.807) is 25.1 Å². The Hall–Kier alpha value is -3.07. The third kappa shape index (κ3) is 7.85. The van der Waals surface area contributed by atoms with Crippen LogP contribution in [0.2, 0.25) is 10.0 Å². The monoisotopic (exact) mass is 629 g/mol. The van der Waals surface area contributed by atoms with Gasteiger partial charge in [-0.3, -0.25) is 13.9 Å². The topological polar surface area (TPSA) is 86.8 Å². The summed E-state index contributed by atoms with van der Waals surface area (Å²) in [5.41, 5.74) is 2.80. The number of hydrogen-bond acceptors (Lipinski definition) is 4. The Morgan fingerprint density at radius 2 is 1.62 bits per heavy atom. The van der Waals surface area contributed by atoms with E-state index in [0.29, 0.717) is 0 Å². The van der Waals surface area contributed by atoms with E-state index in [2.05, 4.69) is 5.32 Å². The largest absolute Gasteiger partial charge is 0.352 e. The number of nitrogens with zero attached hydrogens (tertiary/aromatic N) is 2. The third-order valence-corrected chi connectivity index (χ3v) is 9.95. The molecule has 1 saturated carbocycles. The Labute approximate surface area is 258 Å². The number of sulfonamides is 1. The van der Waals surface area contributed by atoms with E-state index in [1.165, 1.54) is 29.2 Å². The maximum Gasteiger partial charge on any atom is 0.264 e. The number of carbonyl (C=O) groups is 2. The van der Waals surface area contributed by atoms with Gasteiger partial charge in [0.2, 0.25) is 11.8 Å². The molecule has 3 aromatic carbocycles. The van der Waals surface area contributed by atoms with Gasteiger partial charge in [-0.2, -0.15) is 0 Å². The van der Waals surface area contributed by atoms with Crippen LogP contribution < -0.4 is 9.62 Å². The fourth-order valence-corrected chi connectivity index (χ4v) is 7.05. The van der Waals surface area contributed by atoms with E-state index in [9.17, 15) is 18.0 Å². The highest BCUT2D eigenvalue weighted by Gasteiger charge is 2.34. The third-order valence-electron chi connectivity index (χ3n) is 7.62. The molecule has 0 saturated heterocycles. The van der Waals surface area contributed by atoms with Crippen molar-refractivity contribution in [2.24, 2.45) is 0 Å². The minimum atomic E-state index is -4.24. The summed E-state index contributed by atoms with van der Waals surface area (Å²) >= 11 is 12.7. The van der Waals surface area contributed by atoms with Gasteiger partial charge in [-0.05, 0) is 69.5 Å². The first-order chi connectivity index (χ1) is 20.0. The Morgan fingerprint density at radius 1 is 0.929 bits per heavy atom. The van der Waals surface area contributed by atoms with Gasteiger partial charge >= 0.3 is 0 Å². The number of benzene rings is 3. The fourth-order valence-electron chi connectivity index (χ4n) is 5.19. The smallest absolute Gasteiger partial charge is 0.264 e. The average Bonchev–Trinajstić information content (AvgIpc) is 2.96. The molecular formula is C32H37Cl2N3O4S. The molecule has 224 valence electrons. The van der Waals surface area contributed by atoms with Gasteiger partial charge in [0.15, 0.2) is 0 Å². The van der Waals surface area contributed by atoms with Gasteiger partial charge in [0.25, 0.3) is 10.0 Å². The van der Waals surface area contributed by atoms with Crippen molar-refractivity contribution < 1.29 is 18.0 Å². The molecule has 0 spiro atoms. The average molecular weight is 631 g/mol. The zero-order valence-corrected chi connectivity index (χ0v) is 26.5. The first-order valence-corrected chi connectivity index (χ1v) is 16.3. The second kappa shape index (κ2) is 13.9. The SMILES string of the molecule is Cc1ccc(S(=O)(=O)N(CC(=O)N(Cc2cccc(C)c2)C(C)C(=O)NC2CCCCC2)c2cc(Cl)ccc2Cl)cc1. The van der Waals surface area contributed by atoms with Crippen molar-refractivity contribution in [3.63, 3.8) is 0 Å². The molecule has 0 radical (unpaired) electrons. The van der Waals surface area contributed by atoms with Crippen LogP contribution in [-0.4, -0.2) is 43.8 Å². The van der Waals surface area contributed by atoms with Crippen molar-refractivity contribution in [1.29, 1.82) is 0 Å². The van der Waals surface area contributed by atoms with Gasteiger partial charge < -0.3 is 10.2 Å². The lowest BCUT2D eigenvalue weighted by molar-refractivity contribution is -0.139. The minimum Gasteiger partial charge on any atom is -0.352 e. The number of halogens is 2. The second-order valence-corrected chi connectivity index (χ2v) is 13.7. The molecule has 0 aromatic heterocycles. The molecule has 0 heterocycles. The summed E-state index contributed by atoms with van der Waals surface area (Å²) in [4.78, 5) is 29.0. The molecule has 0 aliphatic heterocycles. The van der Waals surface area contributed by atoms with Crippen molar-refractivity contribution in [1.82, 2.24) is 10.2 Å². The summed E-state index contributed by atoms with van der Waals surface area (Å²) < 4.78 is 29.0. The quantitative estimate of drug-likeness (QED) is 0.271. The number of rotatable bonds is 10. The van der Waals surface area contributed by atoms with Crippen molar-refractivity contribution in [2.45, 2.75) is 76.4 Å². The lowest BCUT2D eigenvalue weighted by atomic mass is 9.95. The summed E-state index contributed by atoms with van der Waals surface area (Å²) in [6.07, 6.45) is 5.06. The van der Waals surface area contributed by atoms with Gasteiger partial charge in [0, 0.05) is 17.6 Å². The molecule has 42 heavy (non-hydrogen) atoms. The van der Waals surface area contributed by atoms with E-state index in [4.69, 9.17) is 23.2 Å². The molecular weight excluding hydrogens is 593 g/mol. The molecule has 1 aliphatic rings. The van der Waals surface area contributed by atoms with Crippen LogP contribution in [0.15, 0.2) is 71.6 Å². The molecule has 2 amide bonds. The van der Waals surface area contributed by atoms with Crippen molar-refractivity contribution >= 4 is 50.7 Å². The van der Waals surface area contributed by atoms with E-state index in [1.807, 2.05) is 38.1 Å². The van der Waals surface area contributed by atoms with Crippen LogP contribution in [0.25, 0.3) is 0 Å². The maximum atomic E-state index is 14.1. The summed E-state index contributed by atoms with van der Waals surface area (Å²) in [5.74, 6) is -0.814. The standard InChI is InChI=1S/C32H37Cl2N3O4S/c1-22-12-15-28(16-13-22)42(40,41)37(30-19-26(33)14-17-29(30)34)21-31(38)36(20-25-9-7-8-23(2)18-25)24(3)32(39)35-27-10-5-4-6-11-27/h7-9,12-19,24,27H,4-6,10-11,20-21H2,1-3H3,(H,35,39). The second-order valence-electron chi connectivity index (χ2n) is 11.0. The van der Waals surface area contributed by atoms with Gasteiger partial charge in [-0.15, -0.1) is 0 Å². The van der Waals surface area contributed by atoms with E-state index < -0.39 is 28.5 Å². The molecule has 1 aliphatic carbocycles. The van der Waals surface area contributed by atoms with Crippen LogP contribution in [0.5, 0.6) is 0 Å². The maximum absolute atomic E-state index is 14.1. The Bertz CT molecular complexity index is 1520. The first-order valence-electron chi connectivity index (χ1n) is 14.2. The fraction of sp³-hybridized carbons (Fsp3) is 0.375. The van der Waals surface area contributed by atoms with Gasteiger partial charge in [0.05, 0.1) is 15.6 Å². The highest BCUT2D eigenvalue weighted by atomic mass is 35.5. The molecule has 10 heteroatoms. The number of anilines is 1. The van der Waals surface area contributed by atoms with Crippen LogP contribution in [0.1, 0.15) is 55.7 Å². The molecule has 7 nitrogen and oxygen atoms in total. The predicted octanol–water partition coefficient (Wildman–Crippen LogP) is 6.67. The van der Waals surface area contributed by atoms with Crippen LogP contribution in [0.3, 0.4) is 0 Å². The molecule has 3 aromatic rings. The normalized spacial score (nSPS) is 14.7. The molecule has 1 fully saturated rings. The van der Waals surface area contributed by atoms with Gasteiger partial charge in [-0.25, -0.2) is 8.42 Å². The lowest BCUT2D eigenvalue weighted by Gasteiger charge is -2.33. The van der Waals surface area contributed by atoms with Crippen LogP contribution in [0, 0.1) is 13.8 Å². The number of hydrogen-bond donors (Lipinski definition) is 1. The summed E-state index contributed by atoms with van der Waals surface area (Å²) in [6, 6.07) is 17.7. The summed E-state index contributed by atoms with van der Waals surface area (Å²) in [6.45, 7) is 5.03. The molecule has 1 unspecified atom stereocenters. The van der Waals surface area contributed by atoms with Crippen LogP contribution in [-0.2, 0) is 26.2 Å². The van der Waals surface area contributed by atoms with Crippen LogP contribution in [0.4, 0.5) is 5.69 Å². The Kier molecular flexibility index (Phi) is 10.6. The van der Waals surface area contributed by atoms with Crippen molar-refractivity contribution in [3.8, 4) is 0 Å². The predicted molar refractivity (Wildman–Crippen MR) is 168 cm³/mol. The summed E-state index contributed by atoms with van der Waals surface area (Å²) in [7, 11) is -4.24. The molecule has 1 atom stereocenters. The van der Waals surface area contributed by atoms with Gasteiger partial charge in [0.1, 0.15) is 12.6 Å². The number of nitrogens with one attached hydrogen (secondary N) is 1. The Balaban J connectivity index is 1.71. The van der Waals surface area contributed by atoms with Crippen molar-refractivity contribution in [2.75, 3.05) is 10.8 Å². The molecule has 4 rings (SSSR count). The zero-order chi connectivity index (χ0) is 30.4. The lowest BCUT2D eigenvalue weighted by Crippen LogP contribution is -2.53. The highest BCUT2D eigenvalue weighted by Crippen LogP contribution is 2.33. The van der Waals surface area contributed by atoms with Crippen molar-refractivity contribution in [3.05, 3.63) is 93.5 Å². The molecule has 1 N–H and O–H groups in total.